The lowest BCUT2D eigenvalue weighted by Crippen LogP contribution is -2.11. The molecule has 108 valence electrons. The van der Waals surface area contributed by atoms with Gasteiger partial charge >= 0.3 is 5.97 Å². The summed E-state index contributed by atoms with van der Waals surface area (Å²) in [5, 5.41) is 0. The molecule has 0 bridgehead atoms. The highest BCUT2D eigenvalue weighted by molar-refractivity contribution is 8.21. The summed E-state index contributed by atoms with van der Waals surface area (Å²) >= 11 is 2.74. The Morgan fingerprint density at radius 1 is 1.05 bits per heavy atom. The molecule has 20 heavy (non-hydrogen) atoms. The van der Waals surface area contributed by atoms with Gasteiger partial charge in [0.2, 0.25) is 5.78 Å². The van der Waals surface area contributed by atoms with Crippen molar-refractivity contribution in [3.63, 3.8) is 0 Å². The van der Waals surface area contributed by atoms with Crippen LogP contribution in [0, 0.1) is 0 Å². The fourth-order valence-electron chi connectivity index (χ4n) is 1.47. The fourth-order valence-corrected chi connectivity index (χ4v) is 2.77. The summed E-state index contributed by atoms with van der Waals surface area (Å²) in [6.45, 7) is 1.28. The number of carbonyl (C=O) groups is 2. The van der Waals surface area contributed by atoms with Crippen molar-refractivity contribution in [2.75, 3.05) is 19.6 Å². The van der Waals surface area contributed by atoms with Gasteiger partial charge in [-0.1, -0.05) is 0 Å². The minimum atomic E-state index is -0.512. The van der Waals surface area contributed by atoms with Gasteiger partial charge in [0.15, 0.2) is 5.76 Å². The molecule has 1 aromatic carbocycles. The van der Waals surface area contributed by atoms with E-state index >= 15 is 0 Å². The van der Waals surface area contributed by atoms with Crippen LogP contribution in [0.1, 0.15) is 17.3 Å². The van der Waals surface area contributed by atoms with E-state index in [9.17, 15) is 9.59 Å². The number of hydrogen-bond acceptors (Lipinski definition) is 6. The van der Waals surface area contributed by atoms with Crippen LogP contribution in [0.15, 0.2) is 34.3 Å². The number of ether oxygens (including phenoxy) is 2. The number of allylic oxidation sites excluding steroid dienone is 1. The van der Waals surface area contributed by atoms with Crippen molar-refractivity contribution in [3.8, 4) is 5.75 Å². The topological polar surface area (TPSA) is 52.6 Å². The van der Waals surface area contributed by atoms with Crippen LogP contribution in [-0.4, -0.2) is 31.4 Å². The molecule has 0 fully saturated rings. The summed E-state index contributed by atoms with van der Waals surface area (Å²) in [7, 11) is 1.56. The van der Waals surface area contributed by atoms with E-state index in [-0.39, 0.29) is 11.5 Å². The van der Waals surface area contributed by atoms with Crippen molar-refractivity contribution in [2.45, 2.75) is 6.92 Å². The number of ketones is 1. The summed E-state index contributed by atoms with van der Waals surface area (Å²) in [5.41, 5.74) is 0.447. The SMILES string of the molecule is COc1ccc(C(=O)C(OC(C)=O)=C(SC)SC)cc1. The fraction of sp³-hybridized carbons (Fsp3) is 0.286. The highest BCUT2D eigenvalue weighted by atomic mass is 32.2. The summed E-state index contributed by atoms with van der Waals surface area (Å²) in [6.07, 6.45) is 3.66. The molecular weight excluding hydrogens is 296 g/mol. The van der Waals surface area contributed by atoms with E-state index in [1.807, 2.05) is 12.5 Å². The van der Waals surface area contributed by atoms with Crippen molar-refractivity contribution in [3.05, 3.63) is 39.8 Å². The normalized spacial score (nSPS) is 9.80. The lowest BCUT2D eigenvalue weighted by molar-refractivity contribution is -0.136. The van der Waals surface area contributed by atoms with Gasteiger partial charge in [0.25, 0.3) is 0 Å². The van der Waals surface area contributed by atoms with E-state index in [0.29, 0.717) is 15.6 Å². The Morgan fingerprint density at radius 2 is 1.60 bits per heavy atom. The zero-order valence-electron chi connectivity index (χ0n) is 11.8. The zero-order chi connectivity index (χ0) is 15.1. The molecule has 0 saturated carbocycles. The third kappa shape index (κ3) is 4.31. The Hall–Kier alpha value is -1.40. The van der Waals surface area contributed by atoms with E-state index in [0.717, 1.165) is 0 Å². The number of benzene rings is 1. The van der Waals surface area contributed by atoms with Crippen LogP contribution >= 0.6 is 23.5 Å². The Kier molecular flexibility index (Phi) is 6.67. The van der Waals surface area contributed by atoms with Crippen LogP contribution < -0.4 is 4.74 Å². The number of Topliss-reactive ketones (excluding diaryl/α,β-unsaturated/α-hetero) is 1. The molecule has 0 spiro atoms. The molecule has 0 amide bonds. The van der Waals surface area contributed by atoms with Crippen molar-refractivity contribution in [2.24, 2.45) is 0 Å². The molecule has 0 saturated heterocycles. The summed E-state index contributed by atoms with van der Waals surface area (Å²) in [4.78, 5) is 23.6. The molecule has 0 atom stereocenters. The lowest BCUT2D eigenvalue weighted by Gasteiger charge is -2.10. The first-order valence-corrected chi connectivity index (χ1v) is 8.17. The quantitative estimate of drug-likeness (QED) is 0.347. The van der Waals surface area contributed by atoms with Crippen LogP contribution in [0.2, 0.25) is 0 Å². The number of hydrogen-bond donors (Lipinski definition) is 0. The van der Waals surface area contributed by atoms with E-state index in [4.69, 9.17) is 9.47 Å². The van der Waals surface area contributed by atoms with Crippen LogP contribution in [0.25, 0.3) is 0 Å². The number of carbonyl (C=O) groups excluding carboxylic acids is 2. The largest absolute Gasteiger partial charge is 0.497 e. The number of thioether (sulfide) groups is 2. The molecule has 4 nitrogen and oxygen atoms in total. The minimum absolute atomic E-state index is 0.0719. The van der Waals surface area contributed by atoms with Crippen molar-refractivity contribution in [1.82, 2.24) is 0 Å². The molecule has 0 radical (unpaired) electrons. The molecular formula is C14H16O4S2. The smallest absolute Gasteiger partial charge is 0.308 e. The Morgan fingerprint density at radius 3 is 2.00 bits per heavy atom. The van der Waals surface area contributed by atoms with E-state index in [1.54, 1.807) is 31.4 Å². The lowest BCUT2D eigenvalue weighted by atomic mass is 10.1. The highest BCUT2D eigenvalue weighted by Crippen LogP contribution is 2.30. The van der Waals surface area contributed by atoms with Gasteiger partial charge < -0.3 is 9.47 Å². The Labute approximate surface area is 126 Å². The monoisotopic (exact) mass is 312 g/mol. The average Bonchev–Trinajstić information content (AvgIpc) is 2.46. The molecule has 0 unspecified atom stereocenters. The summed E-state index contributed by atoms with van der Waals surface area (Å²) < 4.78 is 10.8. The molecule has 6 heteroatoms. The predicted molar refractivity (Wildman–Crippen MR) is 83.1 cm³/mol. The first-order valence-electron chi connectivity index (χ1n) is 5.72. The second-order valence-electron chi connectivity index (χ2n) is 3.68. The molecule has 1 rings (SSSR count). The van der Waals surface area contributed by atoms with Gasteiger partial charge in [0, 0.05) is 12.5 Å². The predicted octanol–water partition coefficient (Wildman–Crippen LogP) is 3.34. The molecule has 0 N–H and O–H groups in total. The van der Waals surface area contributed by atoms with Crippen molar-refractivity contribution < 1.29 is 19.1 Å². The standard InChI is InChI=1S/C14H16O4S2/c1-9(15)18-13(14(19-3)20-4)12(16)10-5-7-11(17-2)8-6-10/h5-8H,1-4H3. The van der Waals surface area contributed by atoms with Crippen LogP contribution in [0.3, 0.4) is 0 Å². The van der Waals surface area contributed by atoms with Gasteiger partial charge in [0.1, 0.15) is 5.75 Å². The molecule has 0 aliphatic carbocycles. The van der Waals surface area contributed by atoms with Crippen LogP contribution in [-0.2, 0) is 9.53 Å². The maximum Gasteiger partial charge on any atom is 0.308 e. The average molecular weight is 312 g/mol. The highest BCUT2D eigenvalue weighted by Gasteiger charge is 2.20. The van der Waals surface area contributed by atoms with Crippen molar-refractivity contribution >= 4 is 35.3 Å². The molecule has 1 aromatic rings. The Balaban J connectivity index is 3.15. The molecule has 0 aliphatic heterocycles. The Bertz CT molecular complexity index is 514. The number of methoxy groups -OCH3 is 1. The van der Waals surface area contributed by atoms with Gasteiger partial charge in [0.05, 0.1) is 11.3 Å². The van der Waals surface area contributed by atoms with Gasteiger partial charge in [-0.15, -0.1) is 23.5 Å². The van der Waals surface area contributed by atoms with Gasteiger partial charge in [-0.05, 0) is 36.8 Å². The third-order valence-electron chi connectivity index (χ3n) is 2.36. The number of rotatable bonds is 6. The first-order chi connectivity index (χ1) is 9.53. The maximum absolute atomic E-state index is 12.4. The second kappa shape index (κ2) is 8.01. The summed E-state index contributed by atoms with van der Waals surface area (Å²) in [5.74, 6) is -0.0961. The zero-order valence-corrected chi connectivity index (χ0v) is 13.4. The van der Waals surface area contributed by atoms with Crippen molar-refractivity contribution in [1.29, 1.82) is 0 Å². The molecule has 0 heterocycles. The minimum Gasteiger partial charge on any atom is -0.497 e. The molecule has 0 aliphatic rings. The van der Waals surface area contributed by atoms with E-state index in [2.05, 4.69) is 0 Å². The van der Waals surface area contributed by atoms with Gasteiger partial charge in [-0.2, -0.15) is 0 Å². The maximum atomic E-state index is 12.4. The number of esters is 1. The van der Waals surface area contributed by atoms with Gasteiger partial charge in [-0.25, -0.2) is 0 Å². The van der Waals surface area contributed by atoms with Crippen LogP contribution in [0.4, 0.5) is 0 Å². The van der Waals surface area contributed by atoms with Gasteiger partial charge in [-0.3, -0.25) is 9.59 Å². The third-order valence-corrected chi connectivity index (χ3v) is 4.47. The van der Waals surface area contributed by atoms with E-state index in [1.165, 1.54) is 30.4 Å². The van der Waals surface area contributed by atoms with Crippen LogP contribution in [0.5, 0.6) is 5.75 Å². The molecule has 0 aromatic heterocycles. The second-order valence-corrected chi connectivity index (χ2v) is 5.57. The first kappa shape index (κ1) is 16.7. The summed E-state index contributed by atoms with van der Waals surface area (Å²) in [6, 6.07) is 6.67. The van der Waals surface area contributed by atoms with E-state index < -0.39 is 5.97 Å².